The number of hydrogen-bond donors (Lipinski definition) is 2. The molecule has 33 heavy (non-hydrogen) atoms. The van der Waals surface area contributed by atoms with Crippen LogP contribution in [0.2, 0.25) is 0 Å². The van der Waals surface area contributed by atoms with E-state index in [0.29, 0.717) is 16.6 Å². The van der Waals surface area contributed by atoms with Gasteiger partial charge in [0.2, 0.25) is 0 Å². The lowest BCUT2D eigenvalue weighted by atomic mass is 10.0. The standard InChI is InChI=1S/C25H21N3O5/c1-26-25(31)28-23(29)14-33-24(30)20-13-22(27-21-6-4-3-5-19(20)21)17-8-7-16-12-18(32-2)10-9-15(16)11-17/h3-13H,14H2,1-2H3,(H2,26,28,29,31). The maximum Gasteiger partial charge on any atom is 0.339 e. The van der Waals surface area contributed by atoms with Gasteiger partial charge in [0.25, 0.3) is 5.91 Å². The third kappa shape index (κ3) is 4.74. The number of aromatic nitrogens is 1. The van der Waals surface area contributed by atoms with Gasteiger partial charge < -0.3 is 14.8 Å². The molecule has 8 heteroatoms. The zero-order valence-electron chi connectivity index (χ0n) is 18.0. The molecule has 0 saturated heterocycles. The van der Waals surface area contributed by atoms with Crippen molar-refractivity contribution in [2.75, 3.05) is 20.8 Å². The number of carbonyl (C=O) groups is 3. The molecule has 0 aliphatic heterocycles. The zero-order valence-corrected chi connectivity index (χ0v) is 18.0. The number of hydrogen-bond acceptors (Lipinski definition) is 6. The molecule has 3 aromatic carbocycles. The quantitative estimate of drug-likeness (QED) is 0.456. The van der Waals surface area contributed by atoms with Crippen molar-refractivity contribution in [3.8, 4) is 17.0 Å². The Kier molecular flexibility index (Phi) is 6.17. The van der Waals surface area contributed by atoms with Gasteiger partial charge in [0.05, 0.1) is 23.9 Å². The Morgan fingerprint density at radius 3 is 2.48 bits per heavy atom. The van der Waals surface area contributed by atoms with Gasteiger partial charge in [0, 0.05) is 18.0 Å². The molecule has 4 rings (SSSR count). The van der Waals surface area contributed by atoms with E-state index < -0.39 is 24.5 Å². The Morgan fingerprint density at radius 1 is 0.939 bits per heavy atom. The van der Waals surface area contributed by atoms with Crippen molar-refractivity contribution in [1.29, 1.82) is 0 Å². The lowest BCUT2D eigenvalue weighted by Gasteiger charge is -2.11. The van der Waals surface area contributed by atoms with Crippen molar-refractivity contribution in [3.05, 3.63) is 72.3 Å². The van der Waals surface area contributed by atoms with Crippen molar-refractivity contribution in [2.24, 2.45) is 0 Å². The number of rotatable bonds is 5. The molecule has 8 nitrogen and oxygen atoms in total. The minimum Gasteiger partial charge on any atom is -0.497 e. The van der Waals surface area contributed by atoms with Crippen LogP contribution in [0.5, 0.6) is 5.75 Å². The van der Waals surface area contributed by atoms with Crippen LogP contribution in [0.25, 0.3) is 32.9 Å². The highest BCUT2D eigenvalue weighted by Crippen LogP contribution is 2.29. The molecule has 1 aromatic heterocycles. The highest BCUT2D eigenvalue weighted by molar-refractivity contribution is 6.05. The molecule has 0 aliphatic carbocycles. The van der Waals surface area contributed by atoms with Gasteiger partial charge in [0.1, 0.15) is 5.75 Å². The van der Waals surface area contributed by atoms with Crippen LogP contribution >= 0.6 is 0 Å². The van der Waals surface area contributed by atoms with Crippen LogP contribution in [0.3, 0.4) is 0 Å². The highest BCUT2D eigenvalue weighted by Gasteiger charge is 2.17. The van der Waals surface area contributed by atoms with Crippen LogP contribution in [0, 0.1) is 0 Å². The first kappa shape index (κ1) is 21.8. The van der Waals surface area contributed by atoms with Crippen molar-refractivity contribution in [2.45, 2.75) is 0 Å². The van der Waals surface area contributed by atoms with E-state index in [2.05, 4.69) is 5.32 Å². The molecule has 0 atom stereocenters. The van der Waals surface area contributed by atoms with Gasteiger partial charge in [-0.15, -0.1) is 0 Å². The van der Waals surface area contributed by atoms with E-state index in [1.54, 1.807) is 31.4 Å². The van der Waals surface area contributed by atoms with Crippen molar-refractivity contribution in [1.82, 2.24) is 15.6 Å². The molecule has 166 valence electrons. The minimum atomic E-state index is -0.730. The van der Waals surface area contributed by atoms with Crippen LogP contribution < -0.4 is 15.4 Å². The molecule has 4 aromatic rings. The minimum absolute atomic E-state index is 0.276. The molecular formula is C25H21N3O5. The van der Waals surface area contributed by atoms with Gasteiger partial charge in [-0.05, 0) is 41.1 Å². The predicted octanol–water partition coefficient (Wildman–Crippen LogP) is 3.68. The average molecular weight is 443 g/mol. The third-order valence-corrected chi connectivity index (χ3v) is 5.09. The molecule has 1 heterocycles. The lowest BCUT2D eigenvalue weighted by Crippen LogP contribution is -2.39. The largest absolute Gasteiger partial charge is 0.497 e. The Balaban J connectivity index is 1.68. The van der Waals surface area contributed by atoms with Crippen molar-refractivity contribution in [3.63, 3.8) is 0 Å². The van der Waals surface area contributed by atoms with E-state index in [-0.39, 0.29) is 5.56 Å². The number of benzene rings is 3. The van der Waals surface area contributed by atoms with Crippen LogP contribution in [-0.4, -0.2) is 43.7 Å². The Hall–Kier alpha value is -4.46. The average Bonchev–Trinajstić information content (AvgIpc) is 2.85. The molecule has 0 fully saturated rings. The van der Waals surface area contributed by atoms with E-state index in [1.165, 1.54) is 7.05 Å². The SMILES string of the molecule is CNC(=O)NC(=O)COC(=O)c1cc(-c2ccc3cc(OC)ccc3c2)nc2ccccc12. The van der Waals surface area contributed by atoms with Gasteiger partial charge in [-0.3, -0.25) is 10.1 Å². The van der Waals surface area contributed by atoms with Crippen LogP contribution in [0.1, 0.15) is 10.4 Å². The summed E-state index contributed by atoms with van der Waals surface area (Å²) >= 11 is 0. The topological polar surface area (TPSA) is 107 Å². The smallest absolute Gasteiger partial charge is 0.339 e. The number of pyridine rings is 1. The van der Waals surface area contributed by atoms with Crippen LogP contribution in [0.4, 0.5) is 4.79 Å². The maximum atomic E-state index is 12.8. The van der Waals surface area contributed by atoms with Gasteiger partial charge >= 0.3 is 12.0 Å². The molecule has 3 amide bonds. The summed E-state index contributed by atoms with van der Waals surface area (Å²) in [6.07, 6.45) is 0. The summed E-state index contributed by atoms with van der Waals surface area (Å²) in [5, 5.41) is 6.92. The molecule has 2 N–H and O–H groups in total. The third-order valence-electron chi connectivity index (χ3n) is 5.09. The fourth-order valence-electron chi connectivity index (χ4n) is 3.44. The molecule has 0 saturated carbocycles. The van der Waals surface area contributed by atoms with E-state index in [9.17, 15) is 14.4 Å². The molecule has 0 radical (unpaired) electrons. The predicted molar refractivity (Wildman–Crippen MR) is 124 cm³/mol. The summed E-state index contributed by atoms with van der Waals surface area (Å²) < 4.78 is 10.4. The van der Waals surface area contributed by atoms with Gasteiger partial charge in [0.15, 0.2) is 6.61 Å². The number of methoxy groups -OCH3 is 1. The summed E-state index contributed by atoms with van der Waals surface area (Å²) in [5.74, 6) is -0.650. The van der Waals surface area contributed by atoms with Crippen LogP contribution in [0.15, 0.2) is 66.7 Å². The second-order valence-corrected chi connectivity index (χ2v) is 7.20. The first-order valence-electron chi connectivity index (χ1n) is 10.1. The van der Waals surface area contributed by atoms with Crippen molar-refractivity contribution < 1.29 is 23.9 Å². The van der Waals surface area contributed by atoms with E-state index >= 15 is 0 Å². The number of imide groups is 1. The second kappa shape index (κ2) is 9.35. The number of amides is 3. The first-order chi connectivity index (χ1) is 16.0. The molecule has 0 unspecified atom stereocenters. The maximum absolute atomic E-state index is 12.8. The number of carbonyl (C=O) groups excluding carboxylic acids is 3. The van der Waals surface area contributed by atoms with Crippen molar-refractivity contribution >= 4 is 39.6 Å². The summed E-state index contributed by atoms with van der Waals surface area (Å²) in [5.41, 5.74) is 2.31. The first-order valence-corrected chi connectivity index (χ1v) is 10.1. The number of nitrogens with one attached hydrogen (secondary N) is 2. The van der Waals surface area contributed by atoms with Gasteiger partial charge in [-0.25, -0.2) is 14.6 Å². The number of urea groups is 1. The molecule has 0 aliphatic rings. The number of esters is 1. The lowest BCUT2D eigenvalue weighted by molar-refractivity contribution is -0.123. The Morgan fingerprint density at radius 2 is 1.70 bits per heavy atom. The monoisotopic (exact) mass is 443 g/mol. The van der Waals surface area contributed by atoms with E-state index in [0.717, 1.165) is 22.1 Å². The van der Waals surface area contributed by atoms with Gasteiger partial charge in [-0.1, -0.05) is 36.4 Å². The van der Waals surface area contributed by atoms with E-state index in [4.69, 9.17) is 14.5 Å². The normalized spacial score (nSPS) is 10.6. The highest BCUT2D eigenvalue weighted by atomic mass is 16.5. The molecule has 0 bridgehead atoms. The molecular weight excluding hydrogens is 422 g/mol. The fraction of sp³-hybridized carbons (Fsp3) is 0.120. The zero-order chi connectivity index (χ0) is 23.4. The molecule has 0 spiro atoms. The van der Waals surface area contributed by atoms with Gasteiger partial charge in [-0.2, -0.15) is 0 Å². The Bertz CT molecular complexity index is 1380. The number of fused-ring (bicyclic) bond motifs is 2. The second-order valence-electron chi connectivity index (χ2n) is 7.20. The Labute approximate surface area is 189 Å². The fourth-order valence-corrected chi connectivity index (χ4v) is 3.44. The number of para-hydroxylation sites is 1. The number of ether oxygens (including phenoxy) is 2. The number of nitrogens with zero attached hydrogens (tertiary/aromatic N) is 1. The summed E-state index contributed by atoms with van der Waals surface area (Å²) in [4.78, 5) is 40.6. The summed E-state index contributed by atoms with van der Waals surface area (Å²) in [6.45, 7) is -0.587. The van der Waals surface area contributed by atoms with E-state index in [1.807, 2.05) is 47.8 Å². The summed E-state index contributed by atoms with van der Waals surface area (Å²) in [7, 11) is 3.00. The summed E-state index contributed by atoms with van der Waals surface area (Å²) in [6, 6.07) is 19.8. The van der Waals surface area contributed by atoms with Crippen LogP contribution in [-0.2, 0) is 9.53 Å².